The van der Waals surface area contributed by atoms with Crippen molar-refractivity contribution < 1.29 is 8.78 Å². The summed E-state index contributed by atoms with van der Waals surface area (Å²) in [5.74, 6) is -0.715. The van der Waals surface area contributed by atoms with Crippen molar-refractivity contribution in [1.29, 1.82) is 5.26 Å². The van der Waals surface area contributed by atoms with Crippen molar-refractivity contribution in [3.8, 4) is 17.3 Å². The van der Waals surface area contributed by atoms with Gasteiger partial charge in [-0.05, 0) is 42.0 Å². The Kier molecular flexibility index (Phi) is 3.62. The summed E-state index contributed by atoms with van der Waals surface area (Å²) in [5, 5.41) is 16.9. The second-order valence-electron chi connectivity index (χ2n) is 4.69. The van der Waals surface area contributed by atoms with Crippen LogP contribution in [0.1, 0.15) is 11.3 Å². The summed E-state index contributed by atoms with van der Waals surface area (Å²) in [5.41, 5.74) is 1.94. The van der Waals surface area contributed by atoms with Crippen molar-refractivity contribution in [2.24, 2.45) is 0 Å². The highest BCUT2D eigenvalue weighted by molar-refractivity contribution is 5.64. The van der Waals surface area contributed by atoms with Crippen molar-refractivity contribution in [1.82, 2.24) is 15.0 Å². The Morgan fingerprint density at radius 2 is 1.82 bits per heavy atom. The van der Waals surface area contributed by atoms with Gasteiger partial charge in [-0.25, -0.2) is 13.5 Å². The number of nitriles is 1. The molecule has 0 bridgehead atoms. The third-order valence-corrected chi connectivity index (χ3v) is 3.18. The normalized spacial score (nSPS) is 10.4. The average molecular weight is 296 g/mol. The molecular weight excluding hydrogens is 286 g/mol. The lowest BCUT2D eigenvalue weighted by Crippen LogP contribution is -2.04. The van der Waals surface area contributed by atoms with E-state index in [1.807, 2.05) is 6.07 Å². The van der Waals surface area contributed by atoms with Gasteiger partial charge in [-0.2, -0.15) is 5.26 Å². The Morgan fingerprint density at radius 3 is 2.50 bits per heavy atom. The van der Waals surface area contributed by atoms with Crippen molar-refractivity contribution in [3.05, 3.63) is 71.4 Å². The number of hydrogen-bond donors (Lipinski definition) is 0. The summed E-state index contributed by atoms with van der Waals surface area (Å²) < 4.78 is 27.8. The molecule has 0 radical (unpaired) electrons. The van der Waals surface area contributed by atoms with Gasteiger partial charge >= 0.3 is 0 Å². The van der Waals surface area contributed by atoms with Crippen LogP contribution < -0.4 is 0 Å². The van der Waals surface area contributed by atoms with Crippen molar-refractivity contribution in [3.63, 3.8) is 0 Å². The average Bonchev–Trinajstić information content (AvgIpc) is 2.91. The van der Waals surface area contributed by atoms with Crippen LogP contribution in [0.15, 0.2) is 48.5 Å². The van der Waals surface area contributed by atoms with E-state index < -0.39 is 0 Å². The van der Waals surface area contributed by atoms with Gasteiger partial charge in [0.2, 0.25) is 0 Å². The molecule has 3 aromatic rings. The van der Waals surface area contributed by atoms with E-state index in [1.165, 1.54) is 28.9 Å². The largest absolute Gasteiger partial charge is 0.239 e. The third-order valence-electron chi connectivity index (χ3n) is 3.18. The molecule has 0 unspecified atom stereocenters. The highest BCUT2D eigenvalue weighted by Gasteiger charge is 2.15. The first-order valence-corrected chi connectivity index (χ1v) is 6.51. The molecule has 6 heteroatoms. The van der Waals surface area contributed by atoms with Crippen LogP contribution in [0, 0.1) is 23.0 Å². The summed E-state index contributed by atoms with van der Waals surface area (Å²) in [4.78, 5) is 0. The maximum absolute atomic E-state index is 13.3. The van der Waals surface area contributed by atoms with Gasteiger partial charge in [0, 0.05) is 5.56 Å². The van der Waals surface area contributed by atoms with Gasteiger partial charge in [0.15, 0.2) is 5.69 Å². The molecule has 0 aliphatic rings. The summed E-state index contributed by atoms with van der Waals surface area (Å²) in [6, 6.07) is 13.8. The minimum atomic E-state index is -0.369. The van der Waals surface area contributed by atoms with E-state index in [1.54, 1.807) is 24.3 Å². The van der Waals surface area contributed by atoms with Crippen molar-refractivity contribution in [2.45, 2.75) is 6.54 Å². The summed E-state index contributed by atoms with van der Waals surface area (Å²) in [7, 11) is 0. The second kappa shape index (κ2) is 5.74. The maximum Gasteiger partial charge on any atom is 0.190 e. The molecule has 2 aromatic carbocycles. The Bertz CT molecular complexity index is 847. The van der Waals surface area contributed by atoms with Crippen LogP contribution in [0.2, 0.25) is 0 Å². The third kappa shape index (κ3) is 2.69. The van der Waals surface area contributed by atoms with Crippen LogP contribution in [0.4, 0.5) is 8.78 Å². The number of rotatable bonds is 3. The fourth-order valence-electron chi connectivity index (χ4n) is 2.20. The first-order valence-electron chi connectivity index (χ1n) is 6.51. The summed E-state index contributed by atoms with van der Waals surface area (Å²) in [6.07, 6.45) is 0. The molecule has 22 heavy (non-hydrogen) atoms. The molecule has 3 rings (SSSR count). The van der Waals surface area contributed by atoms with Crippen LogP contribution in [0.3, 0.4) is 0 Å². The molecule has 0 N–H and O–H groups in total. The lowest BCUT2D eigenvalue weighted by Gasteiger charge is -2.07. The molecule has 0 saturated heterocycles. The lowest BCUT2D eigenvalue weighted by atomic mass is 10.1. The molecule has 0 spiro atoms. The molecule has 0 atom stereocenters. The highest BCUT2D eigenvalue weighted by atomic mass is 19.1. The Morgan fingerprint density at radius 1 is 1.05 bits per heavy atom. The second-order valence-corrected chi connectivity index (χ2v) is 4.69. The fourth-order valence-corrected chi connectivity index (χ4v) is 2.20. The molecule has 108 valence electrons. The Balaban J connectivity index is 2.04. The molecule has 0 saturated carbocycles. The van der Waals surface area contributed by atoms with Gasteiger partial charge in [0.1, 0.15) is 23.4 Å². The molecule has 0 amide bonds. The highest BCUT2D eigenvalue weighted by Crippen LogP contribution is 2.23. The SMILES string of the molecule is N#Cc1nnn(Cc2cccc(F)c2)c1-c1ccc(F)cc1. The molecule has 0 aliphatic heterocycles. The Hall–Kier alpha value is -3.07. The molecule has 0 aliphatic carbocycles. The number of benzene rings is 2. The quantitative estimate of drug-likeness (QED) is 0.746. The number of halogens is 2. The molecule has 0 fully saturated rings. The van der Waals surface area contributed by atoms with E-state index in [2.05, 4.69) is 10.3 Å². The van der Waals surface area contributed by atoms with E-state index in [0.29, 0.717) is 16.8 Å². The van der Waals surface area contributed by atoms with Crippen LogP contribution in [-0.4, -0.2) is 15.0 Å². The van der Waals surface area contributed by atoms with Crippen LogP contribution >= 0.6 is 0 Å². The number of aromatic nitrogens is 3. The minimum absolute atomic E-state index is 0.142. The summed E-state index contributed by atoms with van der Waals surface area (Å²) >= 11 is 0. The lowest BCUT2D eigenvalue weighted by molar-refractivity contribution is 0.615. The topological polar surface area (TPSA) is 54.5 Å². The fraction of sp³-hybridized carbons (Fsp3) is 0.0625. The molecular formula is C16H10F2N4. The standard InChI is InChI=1S/C16H10F2N4/c17-13-6-4-12(5-7-13)16-15(9-19)20-21-22(16)10-11-2-1-3-14(18)8-11/h1-8H,10H2. The molecule has 1 heterocycles. The smallest absolute Gasteiger partial charge is 0.190 e. The van der Waals surface area contributed by atoms with Gasteiger partial charge < -0.3 is 0 Å². The summed E-state index contributed by atoms with van der Waals surface area (Å²) in [6.45, 7) is 0.263. The predicted octanol–water partition coefficient (Wildman–Crippen LogP) is 3.14. The number of hydrogen-bond acceptors (Lipinski definition) is 3. The predicted molar refractivity (Wildman–Crippen MR) is 75.6 cm³/mol. The van der Waals surface area contributed by atoms with Gasteiger partial charge in [-0.3, -0.25) is 0 Å². The van der Waals surface area contributed by atoms with Crippen LogP contribution in [0.25, 0.3) is 11.3 Å². The zero-order valence-corrected chi connectivity index (χ0v) is 11.4. The van der Waals surface area contributed by atoms with Gasteiger partial charge in [-0.15, -0.1) is 5.10 Å². The first-order chi connectivity index (χ1) is 10.7. The molecule has 1 aromatic heterocycles. The Labute approximate surface area is 125 Å². The van der Waals surface area contributed by atoms with Gasteiger partial charge in [-0.1, -0.05) is 17.3 Å². The van der Waals surface area contributed by atoms with E-state index >= 15 is 0 Å². The maximum atomic E-state index is 13.3. The van der Waals surface area contributed by atoms with Crippen molar-refractivity contribution in [2.75, 3.05) is 0 Å². The van der Waals surface area contributed by atoms with E-state index in [0.717, 1.165) is 0 Å². The zero-order chi connectivity index (χ0) is 15.5. The van der Waals surface area contributed by atoms with E-state index in [9.17, 15) is 8.78 Å². The van der Waals surface area contributed by atoms with E-state index in [4.69, 9.17) is 5.26 Å². The van der Waals surface area contributed by atoms with Crippen molar-refractivity contribution >= 4 is 0 Å². The van der Waals surface area contributed by atoms with Gasteiger partial charge in [0.05, 0.1) is 6.54 Å². The van der Waals surface area contributed by atoms with Crippen LogP contribution in [-0.2, 0) is 6.54 Å². The van der Waals surface area contributed by atoms with E-state index in [-0.39, 0.29) is 23.9 Å². The minimum Gasteiger partial charge on any atom is -0.239 e. The zero-order valence-electron chi connectivity index (χ0n) is 11.4. The monoisotopic (exact) mass is 296 g/mol. The first kappa shape index (κ1) is 13.9. The van der Waals surface area contributed by atoms with Crippen LogP contribution in [0.5, 0.6) is 0 Å². The molecule has 4 nitrogen and oxygen atoms in total. The number of nitrogens with zero attached hydrogens (tertiary/aromatic N) is 4. The van der Waals surface area contributed by atoms with Gasteiger partial charge in [0.25, 0.3) is 0 Å².